The number of aliphatic hydroxyl groups is 1. The lowest BCUT2D eigenvalue weighted by molar-refractivity contribution is -0.150. The van der Waals surface area contributed by atoms with Gasteiger partial charge in [-0.15, -0.1) is 0 Å². The van der Waals surface area contributed by atoms with Crippen LogP contribution in [0.15, 0.2) is 48.6 Å². The van der Waals surface area contributed by atoms with E-state index in [0.29, 0.717) is 19.3 Å². The summed E-state index contributed by atoms with van der Waals surface area (Å²) in [6, 6.07) is 0. The van der Waals surface area contributed by atoms with Gasteiger partial charge in [0.15, 0.2) is 0 Å². The quantitative estimate of drug-likeness (QED) is 0.0264. The number of carbonyl (C=O) groups is 4. The summed E-state index contributed by atoms with van der Waals surface area (Å²) in [5, 5.41) is 18.9. The summed E-state index contributed by atoms with van der Waals surface area (Å²) in [5.74, 6) is -0.865. The SMILES string of the molecule is CCCCCC[C@@H](O)C/C=C\CCCCCCCC(=O)O[C@@H](C/C=C\CCCCCCCC(=O)O[C@@H](C/C=C\CCCCCCCC(=O)O[C@@H](C/C=C\CCCCCCCC(=O)O)CCCCCC)CCCCCC)CCCCCC. The highest BCUT2D eigenvalue weighted by molar-refractivity contribution is 5.70. The molecule has 0 rings (SSSR count). The van der Waals surface area contributed by atoms with Crippen LogP contribution in [0, 0.1) is 0 Å². The highest BCUT2D eigenvalue weighted by Crippen LogP contribution is 2.20. The van der Waals surface area contributed by atoms with Crippen LogP contribution in [-0.2, 0) is 33.4 Å². The molecular formula is C72H130O9. The van der Waals surface area contributed by atoms with E-state index in [1.54, 1.807) is 0 Å². The second-order valence-corrected chi connectivity index (χ2v) is 23.8. The van der Waals surface area contributed by atoms with Crippen LogP contribution in [0.4, 0.5) is 0 Å². The van der Waals surface area contributed by atoms with Crippen LogP contribution in [-0.4, -0.2) is 58.5 Å². The minimum atomic E-state index is -0.707. The van der Waals surface area contributed by atoms with E-state index in [4.69, 9.17) is 19.3 Å². The van der Waals surface area contributed by atoms with E-state index in [2.05, 4.69) is 76.3 Å². The van der Waals surface area contributed by atoms with E-state index in [1.807, 2.05) is 0 Å². The summed E-state index contributed by atoms with van der Waals surface area (Å²) < 4.78 is 18.0. The molecular weight excluding hydrogens is 1010 g/mol. The number of carbonyl (C=O) groups excluding carboxylic acids is 3. The van der Waals surface area contributed by atoms with E-state index >= 15 is 0 Å². The summed E-state index contributed by atoms with van der Waals surface area (Å²) in [7, 11) is 0. The van der Waals surface area contributed by atoms with Crippen LogP contribution >= 0.6 is 0 Å². The number of carboxylic acid groups (broad SMARTS) is 1. The van der Waals surface area contributed by atoms with Crippen LogP contribution in [0.2, 0.25) is 0 Å². The summed E-state index contributed by atoms with van der Waals surface area (Å²) >= 11 is 0. The molecule has 0 aliphatic heterocycles. The first kappa shape index (κ1) is 77.8. The van der Waals surface area contributed by atoms with Crippen molar-refractivity contribution in [3.63, 3.8) is 0 Å². The smallest absolute Gasteiger partial charge is 0.306 e. The van der Waals surface area contributed by atoms with Crippen LogP contribution in [0.3, 0.4) is 0 Å². The average Bonchev–Trinajstić information content (AvgIpc) is 3.44. The molecule has 81 heavy (non-hydrogen) atoms. The van der Waals surface area contributed by atoms with E-state index < -0.39 is 5.97 Å². The van der Waals surface area contributed by atoms with E-state index in [-0.39, 0.29) is 48.7 Å². The van der Waals surface area contributed by atoms with Crippen molar-refractivity contribution in [3.05, 3.63) is 48.6 Å². The Labute approximate surface area is 499 Å². The van der Waals surface area contributed by atoms with Crippen molar-refractivity contribution in [2.75, 3.05) is 0 Å². The molecule has 0 unspecified atom stereocenters. The number of hydrogen-bond donors (Lipinski definition) is 2. The Balaban J connectivity index is 4.41. The topological polar surface area (TPSA) is 136 Å². The molecule has 0 saturated heterocycles. The van der Waals surface area contributed by atoms with Gasteiger partial charge in [-0.05, 0) is 128 Å². The number of hydrogen-bond acceptors (Lipinski definition) is 8. The number of esters is 3. The number of aliphatic carboxylic acids is 1. The summed E-state index contributed by atoms with van der Waals surface area (Å²) in [6.07, 6.45) is 70.3. The molecule has 0 amide bonds. The first-order valence-corrected chi connectivity index (χ1v) is 34.7. The molecule has 9 nitrogen and oxygen atoms in total. The number of carboxylic acids is 1. The van der Waals surface area contributed by atoms with Crippen molar-refractivity contribution in [2.24, 2.45) is 0 Å². The Hall–Kier alpha value is -3.20. The maximum atomic E-state index is 12.9. The largest absolute Gasteiger partial charge is 0.481 e. The molecule has 4 atom stereocenters. The van der Waals surface area contributed by atoms with Crippen molar-refractivity contribution in [2.45, 2.75) is 386 Å². The molecule has 0 radical (unpaired) electrons. The predicted octanol–water partition coefficient (Wildman–Crippen LogP) is 21.8. The minimum absolute atomic E-state index is 0.0279. The number of aliphatic hydroxyl groups excluding tert-OH is 1. The second kappa shape index (κ2) is 62.8. The number of ether oxygens (including phenoxy) is 3. The maximum Gasteiger partial charge on any atom is 0.306 e. The van der Waals surface area contributed by atoms with Gasteiger partial charge in [0.1, 0.15) is 18.3 Å². The van der Waals surface area contributed by atoms with Crippen LogP contribution in [0.25, 0.3) is 0 Å². The van der Waals surface area contributed by atoms with Crippen molar-refractivity contribution in [3.8, 4) is 0 Å². The summed E-state index contributed by atoms with van der Waals surface area (Å²) in [4.78, 5) is 49.2. The maximum absolute atomic E-state index is 12.9. The van der Waals surface area contributed by atoms with Crippen LogP contribution < -0.4 is 0 Å². The van der Waals surface area contributed by atoms with Crippen molar-refractivity contribution in [1.29, 1.82) is 0 Å². The molecule has 2 N–H and O–H groups in total. The van der Waals surface area contributed by atoms with E-state index in [0.717, 1.165) is 225 Å². The molecule has 0 bridgehead atoms. The van der Waals surface area contributed by atoms with Gasteiger partial charge in [-0.25, -0.2) is 0 Å². The Morgan fingerprint density at radius 2 is 0.543 bits per heavy atom. The zero-order valence-corrected chi connectivity index (χ0v) is 53.4. The Morgan fingerprint density at radius 3 is 0.840 bits per heavy atom. The third kappa shape index (κ3) is 59.8. The molecule has 472 valence electrons. The average molecular weight is 1140 g/mol. The molecule has 0 aliphatic carbocycles. The third-order valence-corrected chi connectivity index (χ3v) is 15.7. The predicted molar refractivity (Wildman–Crippen MR) is 343 cm³/mol. The molecule has 0 saturated carbocycles. The lowest BCUT2D eigenvalue weighted by Crippen LogP contribution is -2.17. The van der Waals surface area contributed by atoms with Gasteiger partial charge in [-0.2, -0.15) is 0 Å². The molecule has 0 aromatic heterocycles. The molecule has 0 aromatic rings. The lowest BCUT2D eigenvalue weighted by Gasteiger charge is -2.17. The molecule has 0 spiro atoms. The number of unbranched alkanes of at least 4 members (excludes halogenated alkanes) is 32. The summed E-state index contributed by atoms with van der Waals surface area (Å²) in [6.45, 7) is 8.89. The first-order chi connectivity index (χ1) is 39.6. The van der Waals surface area contributed by atoms with Gasteiger partial charge >= 0.3 is 23.9 Å². The third-order valence-electron chi connectivity index (χ3n) is 15.7. The molecule has 0 aromatic carbocycles. The van der Waals surface area contributed by atoms with Gasteiger partial charge in [0, 0.05) is 44.9 Å². The van der Waals surface area contributed by atoms with Crippen LogP contribution in [0.1, 0.15) is 362 Å². The Morgan fingerprint density at radius 1 is 0.296 bits per heavy atom. The fraction of sp³-hybridized carbons (Fsp3) is 0.833. The van der Waals surface area contributed by atoms with Gasteiger partial charge < -0.3 is 24.4 Å². The molecule has 0 fully saturated rings. The summed E-state index contributed by atoms with van der Waals surface area (Å²) in [5.41, 5.74) is 0. The van der Waals surface area contributed by atoms with Crippen molar-refractivity contribution >= 4 is 23.9 Å². The van der Waals surface area contributed by atoms with Crippen molar-refractivity contribution < 1.29 is 43.6 Å². The monoisotopic (exact) mass is 1140 g/mol. The fourth-order valence-electron chi connectivity index (χ4n) is 10.5. The Kier molecular flexibility index (Phi) is 60.4. The van der Waals surface area contributed by atoms with Gasteiger partial charge in [0.05, 0.1) is 6.10 Å². The van der Waals surface area contributed by atoms with Gasteiger partial charge in [-0.1, -0.05) is 237 Å². The van der Waals surface area contributed by atoms with Crippen molar-refractivity contribution in [1.82, 2.24) is 0 Å². The standard InChI is InChI=1S/C72H130O9/c1-5-9-13-41-53-65(73)54-42-33-25-17-22-30-38-50-62-70(76)80-67(56-44-15-11-7-3)59-47-35-27-19-24-32-40-52-64-72(78)81-68(57-45-16-12-8-4)60-48-36-28-20-23-31-39-51-63-71(77)79-66(55-43-14-10-6-2)58-46-34-26-18-21-29-37-49-61-69(74)75/h33-36,42,46-48,65-68,73H,5-32,37-41,43-45,49-64H2,1-4H3,(H,74,75)/b42-33-,46-34-,47-35-,48-36-/t65-,66-,67-,68-/m1/s1. The van der Waals surface area contributed by atoms with Gasteiger partial charge in [0.25, 0.3) is 0 Å². The van der Waals surface area contributed by atoms with E-state index in [9.17, 15) is 24.3 Å². The zero-order valence-electron chi connectivity index (χ0n) is 53.4. The van der Waals surface area contributed by atoms with Gasteiger partial charge in [0.2, 0.25) is 0 Å². The van der Waals surface area contributed by atoms with Crippen LogP contribution in [0.5, 0.6) is 0 Å². The molecule has 9 heteroatoms. The zero-order chi connectivity index (χ0) is 59.2. The fourth-order valence-corrected chi connectivity index (χ4v) is 10.5. The molecule has 0 heterocycles. The first-order valence-electron chi connectivity index (χ1n) is 34.7. The normalized spacial score (nSPS) is 13.4. The minimum Gasteiger partial charge on any atom is -0.481 e. The highest BCUT2D eigenvalue weighted by atomic mass is 16.6. The van der Waals surface area contributed by atoms with E-state index in [1.165, 1.54) is 83.5 Å². The lowest BCUT2D eigenvalue weighted by atomic mass is 10.0. The number of rotatable bonds is 63. The Bertz CT molecular complexity index is 1520. The van der Waals surface area contributed by atoms with Gasteiger partial charge in [-0.3, -0.25) is 19.2 Å². The number of allylic oxidation sites excluding steroid dienone is 4. The highest BCUT2D eigenvalue weighted by Gasteiger charge is 2.16. The second-order valence-electron chi connectivity index (χ2n) is 23.8. The molecule has 0 aliphatic rings.